The molecule has 0 aliphatic rings. The number of rotatable bonds is 6. The molecular weight excluding hydrogens is 683 g/mol. The zero-order chi connectivity index (χ0) is 37.0. The van der Waals surface area contributed by atoms with Crippen LogP contribution < -0.4 is 0 Å². The Hall–Kier alpha value is -7.56. The molecule has 0 aliphatic carbocycles. The van der Waals surface area contributed by atoms with Crippen LogP contribution in [-0.2, 0) is 0 Å². The fourth-order valence-electron chi connectivity index (χ4n) is 8.26. The van der Waals surface area contributed by atoms with Crippen LogP contribution in [0.4, 0.5) is 0 Å². The molecule has 4 nitrogen and oxygen atoms in total. The lowest BCUT2D eigenvalue weighted by molar-refractivity contribution is 0.653. The fraction of sp³-hybridized carbons (Fsp3) is 0. The van der Waals surface area contributed by atoms with Crippen LogP contribution >= 0.6 is 0 Å². The van der Waals surface area contributed by atoms with Crippen molar-refractivity contribution in [1.29, 1.82) is 0 Å². The molecule has 11 rings (SSSR count). The largest absolute Gasteiger partial charge is 0.438 e. The van der Waals surface area contributed by atoms with E-state index in [-0.39, 0.29) is 0 Å². The van der Waals surface area contributed by atoms with E-state index in [0.29, 0.717) is 11.5 Å². The predicted molar refractivity (Wildman–Crippen MR) is 231 cm³/mol. The average molecular weight is 716 g/mol. The first-order valence-corrected chi connectivity index (χ1v) is 18.9. The van der Waals surface area contributed by atoms with Crippen molar-refractivity contribution in [1.82, 2.24) is 14.5 Å². The van der Waals surface area contributed by atoms with Gasteiger partial charge in [0.15, 0.2) is 5.82 Å². The molecule has 0 radical (unpaired) electrons. The third-order valence-corrected chi connectivity index (χ3v) is 10.8. The minimum absolute atomic E-state index is 0.575. The molecule has 3 heterocycles. The minimum Gasteiger partial charge on any atom is -0.438 e. The molecule has 0 bridgehead atoms. The maximum atomic E-state index is 6.41. The van der Waals surface area contributed by atoms with Gasteiger partial charge in [-0.05, 0) is 81.9 Å². The lowest BCUT2D eigenvalue weighted by Gasteiger charge is -2.11. The first-order valence-electron chi connectivity index (χ1n) is 18.9. The van der Waals surface area contributed by atoms with E-state index < -0.39 is 0 Å². The molecule has 0 spiro atoms. The summed E-state index contributed by atoms with van der Waals surface area (Å²) in [5.74, 6) is 0.619. The molecule has 56 heavy (non-hydrogen) atoms. The van der Waals surface area contributed by atoms with Gasteiger partial charge < -0.3 is 8.98 Å². The fourth-order valence-corrected chi connectivity index (χ4v) is 8.26. The lowest BCUT2D eigenvalue weighted by atomic mass is 9.95. The third kappa shape index (κ3) is 5.31. The maximum Gasteiger partial charge on any atom is 0.231 e. The number of hydrogen-bond donors (Lipinski definition) is 0. The molecule has 8 aromatic carbocycles. The summed E-state index contributed by atoms with van der Waals surface area (Å²) in [5.41, 5.74) is 14.5. The van der Waals surface area contributed by atoms with Gasteiger partial charge in [0, 0.05) is 33.0 Å². The Balaban J connectivity index is 1.04. The highest BCUT2D eigenvalue weighted by Crippen LogP contribution is 2.41. The molecule has 262 valence electrons. The standard InChI is InChI=1S/C52H33N3O/c1-3-15-34(16-4-1)35-17-12-21-39(32-35)50-49-44-26-8-10-30-47(44)56-52(49)54-51(53-50)40-22-13-19-37(33-40)36-18-11-20-38(31-36)42-27-14-29-46-48(42)43-25-7-9-28-45(43)55(46)41-23-5-2-6-24-41/h1-33H. The smallest absolute Gasteiger partial charge is 0.231 e. The molecule has 11 aromatic rings. The van der Waals surface area contributed by atoms with Gasteiger partial charge in [-0.25, -0.2) is 4.98 Å². The van der Waals surface area contributed by atoms with Crippen LogP contribution in [0.3, 0.4) is 0 Å². The van der Waals surface area contributed by atoms with Crippen LogP contribution in [0.15, 0.2) is 205 Å². The third-order valence-electron chi connectivity index (χ3n) is 10.8. The molecule has 0 amide bonds. The second kappa shape index (κ2) is 13.1. The number of fused-ring (bicyclic) bond motifs is 6. The highest BCUT2D eigenvalue weighted by Gasteiger charge is 2.20. The van der Waals surface area contributed by atoms with Crippen LogP contribution in [0.25, 0.3) is 106 Å². The number of hydrogen-bond acceptors (Lipinski definition) is 3. The summed E-state index contributed by atoms with van der Waals surface area (Å²) in [5, 5.41) is 4.40. The molecule has 0 atom stereocenters. The molecule has 0 fully saturated rings. The van der Waals surface area contributed by atoms with Crippen molar-refractivity contribution < 1.29 is 4.42 Å². The summed E-state index contributed by atoms with van der Waals surface area (Å²) < 4.78 is 8.78. The van der Waals surface area contributed by atoms with Crippen molar-refractivity contribution in [2.75, 3.05) is 0 Å². The van der Waals surface area contributed by atoms with Crippen LogP contribution in [-0.4, -0.2) is 14.5 Å². The Morgan fingerprint density at radius 2 is 0.929 bits per heavy atom. The van der Waals surface area contributed by atoms with Crippen LogP contribution in [0.5, 0.6) is 0 Å². The Labute approximate surface area is 323 Å². The normalized spacial score (nSPS) is 11.6. The van der Waals surface area contributed by atoms with E-state index in [1.54, 1.807) is 0 Å². The molecule has 0 unspecified atom stereocenters. The summed E-state index contributed by atoms with van der Waals surface area (Å²) in [6, 6.07) is 70.5. The van der Waals surface area contributed by atoms with Crippen molar-refractivity contribution in [3.05, 3.63) is 200 Å². The molecule has 0 N–H and O–H groups in total. The van der Waals surface area contributed by atoms with E-state index in [2.05, 4.69) is 180 Å². The van der Waals surface area contributed by atoms with Crippen LogP contribution in [0.1, 0.15) is 0 Å². The predicted octanol–water partition coefficient (Wildman–Crippen LogP) is 13.8. The Bertz CT molecular complexity index is 3250. The topological polar surface area (TPSA) is 43.9 Å². The summed E-state index contributed by atoms with van der Waals surface area (Å²) >= 11 is 0. The summed E-state index contributed by atoms with van der Waals surface area (Å²) in [6.45, 7) is 0. The number of aromatic nitrogens is 3. The maximum absolute atomic E-state index is 6.41. The van der Waals surface area contributed by atoms with Gasteiger partial charge in [-0.3, -0.25) is 0 Å². The van der Waals surface area contributed by atoms with Gasteiger partial charge in [0.1, 0.15) is 5.58 Å². The van der Waals surface area contributed by atoms with E-state index in [1.165, 1.54) is 27.4 Å². The average Bonchev–Trinajstić information content (AvgIpc) is 3.83. The second-order valence-electron chi connectivity index (χ2n) is 14.2. The Morgan fingerprint density at radius 3 is 1.73 bits per heavy atom. The molecule has 3 aromatic heterocycles. The number of nitrogens with zero attached hydrogens (tertiary/aromatic N) is 3. The van der Waals surface area contributed by atoms with Crippen molar-refractivity contribution in [3.8, 4) is 61.7 Å². The first kappa shape index (κ1) is 31.9. The summed E-state index contributed by atoms with van der Waals surface area (Å²) in [6.07, 6.45) is 0. The highest BCUT2D eigenvalue weighted by molar-refractivity contribution is 6.16. The zero-order valence-electron chi connectivity index (χ0n) is 30.3. The molecule has 0 aliphatic heterocycles. The van der Waals surface area contributed by atoms with Crippen molar-refractivity contribution in [3.63, 3.8) is 0 Å². The van der Waals surface area contributed by atoms with E-state index in [1.807, 2.05) is 24.3 Å². The van der Waals surface area contributed by atoms with Gasteiger partial charge in [0.05, 0.1) is 22.1 Å². The van der Waals surface area contributed by atoms with Gasteiger partial charge in [-0.15, -0.1) is 0 Å². The SMILES string of the molecule is c1ccc(-c2cccc(-c3nc(-c4cccc(-c5cccc(-c6cccc7c6c6ccccc6n7-c6ccccc6)c5)c4)nc4oc5ccccc5c34)c2)cc1. The number of furan rings is 1. The van der Waals surface area contributed by atoms with Gasteiger partial charge in [-0.1, -0.05) is 152 Å². The molecular formula is C52H33N3O. The van der Waals surface area contributed by atoms with Crippen molar-refractivity contribution in [2.45, 2.75) is 0 Å². The lowest BCUT2D eigenvalue weighted by Crippen LogP contribution is -1.94. The monoisotopic (exact) mass is 715 g/mol. The summed E-state index contributed by atoms with van der Waals surface area (Å²) in [7, 11) is 0. The molecule has 0 saturated heterocycles. The number of para-hydroxylation sites is 3. The quantitative estimate of drug-likeness (QED) is 0.172. The van der Waals surface area contributed by atoms with E-state index in [4.69, 9.17) is 14.4 Å². The van der Waals surface area contributed by atoms with Gasteiger partial charge in [0.25, 0.3) is 0 Å². The van der Waals surface area contributed by atoms with Crippen LogP contribution in [0.2, 0.25) is 0 Å². The minimum atomic E-state index is 0.575. The van der Waals surface area contributed by atoms with Gasteiger partial charge in [0.2, 0.25) is 5.71 Å². The Kier molecular flexibility index (Phi) is 7.46. The van der Waals surface area contributed by atoms with Crippen molar-refractivity contribution in [2.24, 2.45) is 0 Å². The van der Waals surface area contributed by atoms with E-state index in [0.717, 1.165) is 66.7 Å². The zero-order valence-corrected chi connectivity index (χ0v) is 30.3. The molecule has 0 saturated carbocycles. The van der Waals surface area contributed by atoms with Crippen LogP contribution in [0, 0.1) is 0 Å². The van der Waals surface area contributed by atoms with Gasteiger partial charge >= 0.3 is 0 Å². The summed E-state index contributed by atoms with van der Waals surface area (Å²) in [4.78, 5) is 10.4. The van der Waals surface area contributed by atoms with Crippen molar-refractivity contribution >= 4 is 43.9 Å². The highest BCUT2D eigenvalue weighted by atomic mass is 16.3. The van der Waals surface area contributed by atoms with E-state index >= 15 is 0 Å². The van der Waals surface area contributed by atoms with Gasteiger partial charge in [-0.2, -0.15) is 4.98 Å². The Morgan fingerprint density at radius 1 is 0.375 bits per heavy atom. The van der Waals surface area contributed by atoms with E-state index in [9.17, 15) is 0 Å². The number of benzene rings is 8. The first-order chi connectivity index (χ1) is 27.8. The molecule has 4 heteroatoms. The second-order valence-corrected chi connectivity index (χ2v) is 14.2.